The number of aliphatic hydroxyl groups is 1. The molecular weight excluding hydrogens is 290 g/mol. The maximum atomic E-state index is 10.5. The Labute approximate surface area is 137 Å². The van der Waals surface area contributed by atoms with E-state index < -0.39 is 5.60 Å². The molecule has 1 atom stereocenters. The SMILES string of the molecule is C[C@](O)(CNC1CCN(Cc2ccccn2)CC1)c1ccco1. The molecule has 1 aliphatic heterocycles. The van der Waals surface area contributed by atoms with Gasteiger partial charge in [-0.3, -0.25) is 9.88 Å². The number of nitrogens with one attached hydrogen (secondary N) is 1. The summed E-state index contributed by atoms with van der Waals surface area (Å²) in [6, 6.07) is 10.1. The highest BCUT2D eigenvalue weighted by Gasteiger charge is 2.28. The number of furan rings is 1. The lowest BCUT2D eigenvalue weighted by Crippen LogP contribution is -2.46. The molecule has 2 N–H and O–H groups in total. The smallest absolute Gasteiger partial charge is 0.136 e. The second-order valence-electron chi connectivity index (χ2n) is 6.50. The summed E-state index contributed by atoms with van der Waals surface area (Å²) in [5, 5.41) is 14.0. The Morgan fingerprint density at radius 1 is 1.30 bits per heavy atom. The van der Waals surface area contributed by atoms with Gasteiger partial charge in [0.2, 0.25) is 0 Å². The molecule has 124 valence electrons. The van der Waals surface area contributed by atoms with Crippen molar-refractivity contribution in [2.45, 2.75) is 38.0 Å². The van der Waals surface area contributed by atoms with E-state index in [1.165, 1.54) is 0 Å². The normalized spacial score (nSPS) is 19.6. The lowest BCUT2D eigenvalue weighted by Gasteiger charge is -2.33. The molecule has 5 nitrogen and oxygen atoms in total. The molecule has 0 spiro atoms. The predicted octanol–water partition coefficient (Wildman–Crippen LogP) is 2.14. The number of likely N-dealkylation sites (tertiary alicyclic amines) is 1. The van der Waals surface area contributed by atoms with Crippen LogP contribution in [0.3, 0.4) is 0 Å². The number of nitrogens with zero attached hydrogens (tertiary/aromatic N) is 2. The minimum atomic E-state index is -0.964. The van der Waals surface area contributed by atoms with Crippen molar-refractivity contribution in [3.63, 3.8) is 0 Å². The van der Waals surface area contributed by atoms with Crippen molar-refractivity contribution >= 4 is 0 Å². The molecule has 0 amide bonds. The molecule has 3 heterocycles. The molecule has 2 aromatic rings. The van der Waals surface area contributed by atoms with Gasteiger partial charge in [0.15, 0.2) is 0 Å². The van der Waals surface area contributed by atoms with Crippen LogP contribution in [0.1, 0.15) is 31.2 Å². The first-order chi connectivity index (χ1) is 11.1. The number of hydrogen-bond donors (Lipinski definition) is 2. The van der Waals surface area contributed by atoms with Crippen molar-refractivity contribution in [3.8, 4) is 0 Å². The fourth-order valence-electron chi connectivity index (χ4n) is 3.03. The van der Waals surface area contributed by atoms with Crippen molar-refractivity contribution in [1.82, 2.24) is 15.2 Å². The molecule has 5 heteroatoms. The molecule has 1 fully saturated rings. The van der Waals surface area contributed by atoms with Gasteiger partial charge in [0.05, 0.1) is 12.0 Å². The van der Waals surface area contributed by atoms with Crippen molar-refractivity contribution in [2.75, 3.05) is 19.6 Å². The third kappa shape index (κ3) is 4.41. The third-order valence-electron chi connectivity index (χ3n) is 4.49. The Kier molecular flexibility index (Phi) is 5.10. The van der Waals surface area contributed by atoms with E-state index in [-0.39, 0.29) is 0 Å². The van der Waals surface area contributed by atoms with Crippen LogP contribution >= 0.6 is 0 Å². The van der Waals surface area contributed by atoms with E-state index in [1.54, 1.807) is 19.3 Å². The highest BCUT2D eigenvalue weighted by atomic mass is 16.4. The van der Waals surface area contributed by atoms with Gasteiger partial charge in [0.1, 0.15) is 11.4 Å². The Hall–Kier alpha value is -1.69. The van der Waals surface area contributed by atoms with E-state index in [0.29, 0.717) is 18.3 Å². The molecule has 0 aromatic carbocycles. The van der Waals surface area contributed by atoms with Crippen LogP contribution in [0.4, 0.5) is 0 Å². The second-order valence-corrected chi connectivity index (χ2v) is 6.50. The van der Waals surface area contributed by atoms with E-state index in [9.17, 15) is 5.11 Å². The number of aromatic nitrogens is 1. The summed E-state index contributed by atoms with van der Waals surface area (Å²) in [6.07, 6.45) is 5.61. The van der Waals surface area contributed by atoms with Crippen LogP contribution in [0.15, 0.2) is 47.2 Å². The zero-order chi connectivity index (χ0) is 16.1. The zero-order valence-electron chi connectivity index (χ0n) is 13.6. The van der Waals surface area contributed by atoms with Crippen LogP contribution in [0.25, 0.3) is 0 Å². The number of pyridine rings is 1. The van der Waals surface area contributed by atoms with Gasteiger partial charge in [-0.1, -0.05) is 6.07 Å². The summed E-state index contributed by atoms with van der Waals surface area (Å²) in [4.78, 5) is 6.82. The van der Waals surface area contributed by atoms with Crippen molar-refractivity contribution in [3.05, 3.63) is 54.2 Å². The minimum Gasteiger partial charge on any atom is -0.466 e. The monoisotopic (exact) mass is 315 g/mol. The molecule has 23 heavy (non-hydrogen) atoms. The topological polar surface area (TPSA) is 61.5 Å². The second kappa shape index (κ2) is 7.25. The van der Waals surface area contributed by atoms with Crippen molar-refractivity contribution < 1.29 is 9.52 Å². The Balaban J connectivity index is 1.43. The number of piperidine rings is 1. The van der Waals surface area contributed by atoms with E-state index in [1.807, 2.05) is 24.4 Å². The van der Waals surface area contributed by atoms with Gasteiger partial charge in [-0.25, -0.2) is 0 Å². The molecular formula is C18H25N3O2. The van der Waals surface area contributed by atoms with Gasteiger partial charge >= 0.3 is 0 Å². The fraction of sp³-hybridized carbons (Fsp3) is 0.500. The standard InChI is InChI=1S/C18H25N3O2/c1-18(22,17-6-4-12-23-17)14-20-15-7-10-21(11-8-15)13-16-5-2-3-9-19-16/h2-6,9,12,15,20,22H,7-8,10-11,13-14H2,1H3/t18-/m0/s1. The van der Waals surface area contributed by atoms with E-state index in [4.69, 9.17) is 4.42 Å². The van der Waals surface area contributed by atoms with Gasteiger partial charge in [-0.15, -0.1) is 0 Å². The van der Waals surface area contributed by atoms with Crippen LogP contribution in [0.5, 0.6) is 0 Å². The third-order valence-corrected chi connectivity index (χ3v) is 4.49. The largest absolute Gasteiger partial charge is 0.466 e. The quantitative estimate of drug-likeness (QED) is 0.855. The molecule has 0 unspecified atom stereocenters. The maximum absolute atomic E-state index is 10.5. The van der Waals surface area contributed by atoms with Gasteiger partial charge in [-0.2, -0.15) is 0 Å². The van der Waals surface area contributed by atoms with Gasteiger partial charge in [-0.05, 0) is 44.0 Å². The summed E-state index contributed by atoms with van der Waals surface area (Å²) in [6.45, 7) is 5.31. The summed E-state index contributed by atoms with van der Waals surface area (Å²) in [5.74, 6) is 0.609. The average molecular weight is 315 g/mol. The zero-order valence-corrected chi connectivity index (χ0v) is 13.6. The van der Waals surface area contributed by atoms with Gasteiger partial charge in [0, 0.05) is 38.4 Å². The summed E-state index contributed by atoms with van der Waals surface area (Å²) in [5.41, 5.74) is 0.161. The average Bonchev–Trinajstić information content (AvgIpc) is 3.11. The predicted molar refractivity (Wildman–Crippen MR) is 88.8 cm³/mol. The summed E-state index contributed by atoms with van der Waals surface area (Å²) < 4.78 is 5.32. The highest BCUT2D eigenvalue weighted by molar-refractivity contribution is 5.08. The lowest BCUT2D eigenvalue weighted by atomic mass is 10.0. The Morgan fingerprint density at radius 3 is 2.78 bits per heavy atom. The Bertz CT molecular complexity index is 576. The Morgan fingerprint density at radius 2 is 2.13 bits per heavy atom. The first-order valence-electron chi connectivity index (χ1n) is 8.25. The fourth-order valence-corrected chi connectivity index (χ4v) is 3.03. The van der Waals surface area contributed by atoms with Crippen molar-refractivity contribution in [1.29, 1.82) is 0 Å². The van der Waals surface area contributed by atoms with Gasteiger partial charge in [0.25, 0.3) is 0 Å². The van der Waals surface area contributed by atoms with E-state index in [0.717, 1.165) is 38.2 Å². The number of hydrogen-bond acceptors (Lipinski definition) is 5. The van der Waals surface area contributed by atoms with Crippen LogP contribution in [-0.4, -0.2) is 40.7 Å². The molecule has 2 aromatic heterocycles. The van der Waals surface area contributed by atoms with Gasteiger partial charge < -0.3 is 14.8 Å². The van der Waals surface area contributed by atoms with Crippen LogP contribution < -0.4 is 5.32 Å². The number of rotatable bonds is 6. The first kappa shape index (κ1) is 16.2. The minimum absolute atomic E-state index is 0.441. The van der Waals surface area contributed by atoms with E-state index >= 15 is 0 Å². The lowest BCUT2D eigenvalue weighted by molar-refractivity contribution is 0.0287. The van der Waals surface area contributed by atoms with Crippen molar-refractivity contribution in [2.24, 2.45) is 0 Å². The van der Waals surface area contributed by atoms with Crippen LogP contribution in [-0.2, 0) is 12.1 Å². The molecule has 3 rings (SSSR count). The highest BCUT2D eigenvalue weighted by Crippen LogP contribution is 2.21. The molecule has 0 bridgehead atoms. The van der Waals surface area contributed by atoms with E-state index in [2.05, 4.69) is 21.3 Å². The summed E-state index contributed by atoms with van der Waals surface area (Å²) in [7, 11) is 0. The summed E-state index contributed by atoms with van der Waals surface area (Å²) >= 11 is 0. The molecule has 1 aliphatic rings. The maximum Gasteiger partial charge on any atom is 0.136 e. The molecule has 0 saturated carbocycles. The molecule has 0 radical (unpaired) electrons. The molecule has 1 saturated heterocycles. The van der Waals surface area contributed by atoms with Crippen LogP contribution in [0.2, 0.25) is 0 Å². The van der Waals surface area contributed by atoms with Crippen LogP contribution in [0, 0.1) is 0 Å². The first-order valence-corrected chi connectivity index (χ1v) is 8.25. The molecule has 0 aliphatic carbocycles.